The van der Waals surface area contributed by atoms with Crippen molar-refractivity contribution in [1.29, 1.82) is 0 Å². The summed E-state index contributed by atoms with van der Waals surface area (Å²) in [4.78, 5) is 8.14. The normalized spacial score (nSPS) is 23.8. The largest absolute Gasteiger partial charge is 0.368 e. The zero-order valence-electron chi connectivity index (χ0n) is 6.66. The van der Waals surface area contributed by atoms with Crippen molar-refractivity contribution < 1.29 is 4.74 Å². The van der Waals surface area contributed by atoms with Crippen molar-refractivity contribution in [2.75, 3.05) is 19.7 Å². The summed E-state index contributed by atoms with van der Waals surface area (Å²) in [5, 5.41) is 3.22. The molecule has 2 rings (SSSR count). The van der Waals surface area contributed by atoms with Crippen molar-refractivity contribution in [1.82, 2.24) is 15.3 Å². The summed E-state index contributed by atoms with van der Waals surface area (Å²) in [5.41, 5.74) is 0. The monoisotopic (exact) mass is 164 g/mol. The van der Waals surface area contributed by atoms with Gasteiger partial charge in [0.2, 0.25) is 0 Å². The van der Waals surface area contributed by atoms with E-state index in [9.17, 15) is 0 Å². The van der Waals surface area contributed by atoms with E-state index >= 15 is 0 Å². The van der Waals surface area contributed by atoms with E-state index in [-0.39, 0.29) is 6.10 Å². The van der Waals surface area contributed by atoms with Crippen LogP contribution in [0.2, 0.25) is 0 Å². The minimum Gasteiger partial charge on any atom is -0.368 e. The van der Waals surface area contributed by atoms with E-state index in [4.69, 9.17) is 4.74 Å². The molecule has 1 aromatic rings. The van der Waals surface area contributed by atoms with E-state index in [1.807, 2.05) is 0 Å². The van der Waals surface area contributed by atoms with Gasteiger partial charge in [-0.1, -0.05) is 0 Å². The third-order valence-electron chi connectivity index (χ3n) is 1.76. The number of morpholine rings is 1. The van der Waals surface area contributed by atoms with Crippen LogP contribution in [0.1, 0.15) is 11.9 Å². The molecule has 1 aliphatic rings. The van der Waals surface area contributed by atoms with Crippen LogP contribution in [0.4, 0.5) is 0 Å². The summed E-state index contributed by atoms with van der Waals surface area (Å²) in [6.45, 7) is 2.44. The molecule has 0 spiro atoms. The van der Waals surface area contributed by atoms with Crippen LogP contribution in [0.15, 0.2) is 12.4 Å². The lowest BCUT2D eigenvalue weighted by molar-refractivity contribution is 0.0221. The summed E-state index contributed by atoms with van der Waals surface area (Å²) >= 11 is 0. The van der Waals surface area contributed by atoms with Gasteiger partial charge in [-0.15, -0.1) is 0 Å². The van der Waals surface area contributed by atoms with Crippen molar-refractivity contribution in [2.24, 2.45) is 0 Å². The van der Waals surface area contributed by atoms with Crippen molar-refractivity contribution in [2.45, 2.75) is 6.10 Å². The number of hydrogen-bond donors (Lipinski definition) is 1. The van der Waals surface area contributed by atoms with Crippen molar-refractivity contribution >= 4 is 0 Å². The molecule has 0 bridgehead atoms. The Morgan fingerprint density at radius 3 is 3.00 bits per heavy atom. The highest BCUT2D eigenvalue weighted by atomic mass is 16.5. The van der Waals surface area contributed by atoms with Gasteiger partial charge in [-0.3, -0.25) is 0 Å². The SMILES string of the molecule is [c]1cnc(C2CNCCO2)nc1. The summed E-state index contributed by atoms with van der Waals surface area (Å²) in [6.07, 6.45) is 3.23. The highest BCUT2D eigenvalue weighted by Gasteiger charge is 2.17. The molecule has 4 nitrogen and oxygen atoms in total. The van der Waals surface area contributed by atoms with E-state index in [0.717, 1.165) is 25.5 Å². The average Bonchev–Trinajstić information content (AvgIpc) is 2.21. The standard InChI is InChI=1S/C8H10N3O/c1-2-10-8(11-3-1)7-6-9-4-5-12-7/h2-3,7,9H,4-6H2. The second-order valence-electron chi connectivity index (χ2n) is 2.60. The Hall–Kier alpha value is -1.00. The summed E-state index contributed by atoms with van der Waals surface area (Å²) in [6, 6.07) is 2.77. The molecule has 1 aromatic heterocycles. The zero-order valence-corrected chi connectivity index (χ0v) is 6.66. The molecule has 1 N–H and O–H groups in total. The van der Waals surface area contributed by atoms with Gasteiger partial charge in [0, 0.05) is 31.5 Å². The van der Waals surface area contributed by atoms with Crippen LogP contribution in [-0.2, 0) is 4.74 Å². The quantitative estimate of drug-likeness (QED) is 0.631. The topological polar surface area (TPSA) is 47.0 Å². The highest BCUT2D eigenvalue weighted by molar-refractivity contribution is 4.94. The second-order valence-corrected chi connectivity index (χ2v) is 2.60. The number of aromatic nitrogens is 2. The molecule has 63 valence electrons. The van der Waals surface area contributed by atoms with Gasteiger partial charge in [0.1, 0.15) is 6.10 Å². The number of hydrogen-bond acceptors (Lipinski definition) is 4. The predicted octanol–water partition coefficient (Wildman–Crippen LogP) is -0.0623. The first-order valence-corrected chi connectivity index (χ1v) is 3.97. The molecule has 2 heterocycles. The molecule has 12 heavy (non-hydrogen) atoms. The summed E-state index contributed by atoms with van der Waals surface area (Å²) < 4.78 is 5.46. The van der Waals surface area contributed by atoms with Gasteiger partial charge >= 0.3 is 0 Å². The van der Waals surface area contributed by atoms with Crippen molar-refractivity contribution in [3.05, 3.63) is 24.3 Å². The number of rotatable bonds is 1. The Bertz CT molecular complexity index is 233. The zero-order chi connectivity index (χ0) is 8.23. The third kappa shape index (κ3) is 1.60. The molecular formula is C8H10N3O. The fourth-order valence-corrected chi connectivity index (χ4v) is 1.17. The fourth-order valence-electron chi connectivity index (χ4n) is 1.17. The van der Waals surface area contributed by atoms with Gasteiger partial charge in [0.25, 0.3) is 0 Å². The molecule has 1 radical (unpaired) electrons. The maximum Gasteiger partial charge on any atom is 0.158 e. The van der Waals surface area contributed by atoms with Crippen LogP contribution in [0.5, 0.6) is 0 Å². The van der Waals surface area contributed by atoms with Crippen molar-refractivity contribution in [3.63, 3.8) is 0 Å². The molecule has 0 aromatic carbocycles. The highest BCUT2D eigenvalue weighted by Crippen LogP contribution is 2.12. The first kappa shape index (κ1) is 7.64. The lowest BCUT2D eigenvalue weighted by Gasteiger charge is -2.21. The van der Waals surface area contributed by atoms with E-state index in [0.29, 0.717) is 0 Å². The van der Waals surface area contributed by atoms with Crippen molar-refractivity contribution in [3.8, 4) is 0 Å². The van der Waals surface area contributed by atoms with Crippen LogP contribution in [0.25, 0.3) is 0 Å². The smallest absolute Gasteiger partial charge is 0.158 e. The maximum absolute atomic E-state index is 5.46. The number of ether oxygens (including phenoxy) is 1. The molecule has 0 amide bonds. The summed E-state index contributed by atoms with van der Waals surface area (Å²) in [5.74, 6) is 0.737. The average molecular weight is 164 g/mol. The molecule has 1 saturated heterocycles. The molecule has 0 saturated carbocycles. The van der Waals surface area contributed by atoms with Gasteiger partial charge < -0.3 is 10.1 Å². The van der Waals surface area contributed by atoms with Gasteiger partial charge in [-0.2, -0.15) is 0 Å². The fraction of sp³-hybridized carbons (Fsp3) is 0.500. The minimum atomic E-state index is 0.00773. The lowest BCUT2D eigenvalue weighted by atomic mass is 10.3. The first-order chi connectivity index (χ1) is 5.97. The molecular weight excluding hydrogens is 154 g/mol. The van der Waals surface area contributed by atoms with Crippen LogP contribution in [-0.4, -0.2) is 29.7 Å². The van der Waals surface area contributed by atoms with Gasteiger partial charge in [0.15, 0.2) is 5.82 Å². The van der Waals surface area contributed by atoms with E-state index < -0.39 is 0 Å². The lowest BCUT2D eigenvalue weighted by Crippen LogP contribution is -2.34. The van der Waals surface area contributed by atoms with Crippen LogP contribution in [0.3, 0.4) is 0 Å². The summed E-state index contributed by atoms with van der Waals surface area (Å²) in [7, 11) is 0. The predicted molar refractivity (Wildman–Crippen MR) is 42.4 cm³/mol. The Kier molecular flexibility index (Phi) is 2.29. The molecule has 0 aliphatic carbocycles. The van der Waals surface area contributed by atoms with Crippen LogP contribution >= 0.6 is 0 Å². The van der Waals surface area contributed by atoms with E-state index in [1.54, 1.807) is 12.4 Å². The third-order valence-corrected chi connectivity index (χ3v) is 1.76. The van der Waals surface area contributed by atoms with E-state index in [1.165, 1.54) is 0 Å². The molecule has 4 heteroatoms. The Morgan fingerprint density at radius 1 is 1.50 bits per heavy atom. The Morgan fingerprint density at radius 2 is 2.33 bits per heavy atom. The van der Waals surface area contributed by atoms with Gasteiger partial charge in [-0.05, 0) is 0 Å². The van der Waals surface area contributed by atoms with Gasteiger partial charge in [0.05, 0.1) is 6.61 Å². The second kappa shape index (κ2) is 3.60. The minimum absolute atomic E-state index is 0.00773. The molecule has 1 atom stereocenters. The molecule has 1 unspecified atom stereocenters. The molecule has 1 fully saturated rings. The van der Waals surface area contributed by atoms with Crippen LogP contribution < -0.4 is 5.32 Å². The number of nitrogens with zero attached hydrogens (tertiary/aromatic N) is 2. The molecule has 1 aliphatic heterocycles. The van der Waals surface area contributed by atoms with Crippen LogP contribution in [0, 0.1) is 6.07 Å². The van der Waals surface area contributed by atoms with E-state index in [2.05, 4.69) is 21.4 Å². The number of nitrogens with one attached hydrogen (secondary N) is 1. The maximum atomic E-state index is 5.46. The Labute approximate surface area is 71.0 Å². The first-order valence-electron chi connectivity index (χ1n) is 3.97. The van der Waals surface area contributed by atoms with Gasteiger partial charge in [-0.25, -0.2) is 9.97 Å². The Balaban J connectivity index is 2.08.